The zero-order valence-corrected chi connectivity index (χ0v) is 13.3. The van der Waals surface area contributed by atoms with E-state index < -0.39 is 0 Å². The monoisotopic (exact) mass is 305 g/mol. The molecule has 106 valence electrons. The second-order valence-corrected chi connectivity index (χ2v) is 7.38. The van der Waals surface area contributed by atoms with E-state index in [1.807, 2.05) is 6.07 Å². The lowest BCUT2D eigenvalue weighted by Gasteiger charge is -2.31. The van der Waals surface area contributed by atoms with Crippen LogP contribution in [-0.2, 0) is 19.3 Å². The van der Waals surface area contributed by atoms with E-state index in [2.05, 4.69) is 42.7 Å². The zero-order valence-electron chi connectivity index (χ0n) is 11.7. The molecule has 1 aromatic heterocycles. The molecule has 0 saturated heterocycles. The molecule has 2 aromatic rings. The molecule has 2 atom stereocenters. The van der Waals surface area contributed by atoms with E-state index >= 15 is 0 Å². The summed E-state index contributed by atoms with van der Waals surface area (Å²) in [6, 6.07) is 13.6. The van der Waals surface area contributed by atoms with E-state index in [0.29, 0.717) is 6.04 Å². The van der Waals surface area contributed by atoms with Crippen molar-refractivity contribution in [3.05, 3.63) is 56.7 Å². The molecule has 20 heavy (non-hydrogen) atoms. The molecule has 0 spiro atoms. The van der Waals surface area contributed by atoms with Gasteiger partial charge in [0.2, 0.25) is 0 Å². The quantitative estimate of drug-likeness (QED) is 0.886. The third-order valence-corrected chi connectivity index (χ3v) is 5.63. The van der Waals surface area contributed by atoms with Crippen molar-refractivity contribution >= 4 is 22.9 Å². The Labute approximate surface area is 130 Å². The van der Waals surface area contributed by atoms with Crippen molar-refractivity contribution in [2.24, 2.45) is 5.92 Å². The molecule has 0 aliphatic heterocycles. The maximum absolute atomic E-state index is 6.04. The minimum Gasteiger partial charge on any atom is -0.316 e. The van der Waals surface area contributed by atoms with Crippen LogP contribution >= 0.6 is 22.9 Å². The smallest absolute Gasteiger partial charge is 0.0931 e. The van der Waals surface area contributed by atoms with E-state index in [1.54, 1.807) is 11.3 Å². The summed E-state index contributed by atoms with van der Waals surface area (Å²) in [6.45, 7) is 0. The maximum atomic E-state index is 6.04. The maximum Gasteiger partial charge on any atom is 0.0931 e. The Bertz CT molecular complexity index is 578. The van der Waals surface area contributed by atoms with E-state index in [9.17, 15) is 0 Å². The molecule has 3 rings (SSSR count). The SMILES string of the molecule is CNC(Cc1ccc(Cl)s1)C1CCc2ccccc2C1. The Hall–Kier alpha value is -0.830. The third kappa shape index (κ3) is 3.08. The first kappa shape index (κ1) is 14.1. The Morgan fingerprint density at radius 2 is 2.05 bits per heavy atom. The summed E-state index contributed by atoms with van der Waals surface area (Å²) in [5.74, 6) is 0.718. The predicted octanol–water partition coefficient (Wildman–Crippen LogP) is 4.34. The van der Waals surface area contributed by atoms with Gasteiger partial charge in [0.05, 0.1) is 4.34 Å². The molecule has 1 aliphatic carbocycles. The Kier molecular flexibility index (Phi) is 4.45. The van der Waals surface area contributed by atoms with Gasteiger partial charge in [0.1, 0.15) is 0 Å². The highest BCUT2D eigenvalue weighted by molar-refractivity contribution is 7.16. The largest absolute Gasteiger partial charge is 0.316 e. The number of halogens is 1. The lowest BCUT2D eigenvalue weighted by molar-refractivity contribution is 0.334. The number of aryl methyl sites for hydroxylation is 1. The average Bonchev–Trinajstić information content (AvgIpc) is 2.89. The molecule has 1 N–H and O–H groups in total. The number of hydrogen-bond acceptors (Lipinski definition) is 2. The minimum atomic E-state index is 0.540. The molecule has 0 radical (unpaired) electrons. The summed E-state index contributed by atoms with van der Waals surface area (Å²) in [5, 5.41) is 3.52. The van der Waals surface area contributed by atoms with Gasteiger partial charge >= 0.3 is 0 Å². The number of fused-ring (bicyclic) bond motifs is 1. The molecular weight excluding hydrogens is 286 g/mol. The lowest BCUT2D eigenvalue weighted by atomic mass is 9.79. The lowest BCUT2D eigenvalue weighted by Crippen LogP contribution is -2.38. The van der Waals surface area contributed by atoms with Crippen LogP contribution in [0.25, 0.3) is 0 Å². The van der Waals surface area contributed by atoms with Crippen LogP contribution in [-0.4, -0.2) is 13.1 Å². The summed E-state index contributed by atoms with van der Waals surface area (Å²) in [7, 11) is 2.08. The number of rotatable bonds is 4. The molecule has 3 heteroatoms. The normalized spacial score (nSPS) is 19.6. The first-order chi connectivity index (χ1) is 9.76. The summed E-state index contributed by atoms with van der Waals surface area (Å²) < 4.78 is 0.892. The molecule has 0 saturated carbocycles. The fraction of sp³-hybridized carbons (Fsp3) is 0.412. The van der Waals surface area contributed by atoms with Crippen molar-refractivity contribution in [1.29, 1.82) is 0 Å². The standard InChI is InChI=1S/C17H20ClNS/c1-19-16(11-15-8-9-17(18)20-15)14-7-6-12-4-2-3-5-13(12)10-14/h2-5,8-9,14,16,19H,6-7,10-11H2,1H3. The summed E-state index contributed by atoms with van der Waals surface area (Å²) >= 11 is 7.74. The number of likely N-dealkylation sites (N-methyl/N-ethyl adjacent to an activating group) is 1. The van der Waals surface area contributed by atoms with Gasteiger partial charge in [0, 0.05) is 10.9 Å². The topological polar surface area (TPSA) is 12.0 Å². The van der Waals surface area contributed by atoms with Gasteiger partial charge in [-0.2, -0.15) is 0 Å². The molecule has 0 bridgehead atoms. The summed E-state index contributed by atoms with van der Waals surface area (Å²) in [5.41, 5.74) is 3.07. The van der Waals surface area contributed by atoms with Crippen molar-refractivity contribution in [1.82, 2.24) is 5.32 Å². The van der Waals surface area contributed by atoms with Crippen molar-refractivity contribution < 1.29 is 0 Å². The first-order valence-corrected chi connectivity index (χ1v) is 8.44. The van der Waals surface area contributed by atoms with Crippen molar-refractivity contribution in [3.8, 4) is 0 Å². The van der Waals surface area contributed by atoms with E-state index in [-0.39, 0.29) is 0 Å². The molecule has 0 amide bonds. The van der Waals surface area contributed by atoms with Crippen LogP contribution in [0, 0.1) is 5.92 Å². The van der Waals surface area contributed by atoms with Gasteiger partial charge in [-0.1, -0.05) is 35.9 Å². The summed E-state index contributed by atoms with van der Waals surface area (Å²) in [6.07, 6.45) is 4.77. The van der Waals surface area contributed by atoms with Gasteiger partial charge in [-0.05, 0) is 61.9 Å². The van der Waals surface area contributed by atoms with Gasteiger partial charge in [0.15, 0.2) is 0 Å². The Balaban J connectivity index is 1.71. The van der Waals surface area contributed by atoms with Gasteiger partial charge in [-0.15, -0.1) is 11.3 Å². The average molecular weight is 306 g/mol. The highest BCUT2D eigenvalue weighted by Gasteiger charge is 2.25. The van der Waals surface area contributed by atoms with Crippen LogP contribution in [0.15, 0.2) is 36.4 Å². The minimum absolute atomic E-state index is 0.540. The van der Waals surface area contributed by atoms with Crippen LogP contribution in [0.3, 0.4) is 0 Å². The van der Waals surface area contributed by atoms with Crippen molar-refractivity contribution in [2.45, 2.75) is 31.7 Å². The van der Waals surface area contributed by atoms with Gasteiger partial charge in [-0.3, -0.25) is 0 Å². The molecule has 1 nitrogen and oxygen atoms in total. The van der Waals surface area contributed by atoms with Crippen LogP contribution in [0.1, 0.15) is 22.4 Å². The fourth-order valence-corrected chi connectivity index (χ4v) is 4.40. The number of benzene rings is 1. The molecule has 1 aliphatic rings. The van der Waals surface area contributed by atoms with Gasteiger partial charge < -0.3 is 5.32 Å². The van der Waals surface area contributed by atoms with Crippen LogP contribution in [0.4, 0.5) is 0 Å². The van der Waals surface area contributed by atoms with Crippen molar-refractivity contribution in [3.63, 3.8) is 0 Å². The highest BCUT2D eigenvalue weighted by Crippen LogP contribution is 2.30. The molecule has 1 heterocycles. The van der Waals surface area contributed by atoms with Crippen LogP contribution < -0.4 is 5.32 Å². The summed E-state index contributed by atoms with van der Waals surface area (Å²) in [4.78, 5) is 1.38. The van der Waals surface area contributed by atoms with E-state index in [4.69, 9.17) is 11.6 Å². The Morgan fingerprint density at radius 1 is 1.25 bits per heavy atom. The first-order valence-electron chi connectivity index (χ1n) is 7.24. The van der Waals surface area contributed by atoms with Crippen LogP contribution in [0.2, 0.25) is 4.34 Å². The number of thiophene rings is 1. The molecular formula is C17H20ClNS. The Morgan fingerprint density at radius 3 is 2.75 bits per heavy atom. The second kappa shape index (κ2) is 6.30. The zero-order chi connectivity index (χ0) is 13.9. The van der Waals surface area contributed by atoms with Gasteiger partial charge in [0.25, 0.3) is 0 Å². The highest BCUT2D eigenvalue weighted by atomic mass is 35.5. The molecule has 2 unspecified atom stereocenters. The molecule has 1 aromatic carbocycles. The second-order valence-electron chi connectivity index (χ2n) is 5.58. The molecule has 0 fully saturated rings. The van der Waals surface area contributed by atoms with Crippen LogP contribution in [0.5, 0.6) is 0 Å². The van der Waals surface area contributed by atoms with Crippen molar-refractivity contribution in [2.75, 3.05) is 7.05 Å². The van der Waals surface area contributed by atoms with E-state index in [0.717, 1.165) is 16.7 Å². The van der Waals surface area contributed by atoms with E-state index in [1.165, 1.54) is 35.3 Å². The number of nitrogens with one attached hydrogen (secondary N) is 1. The van der Waals surface area contributed by atoms with Gasteiger partial charge in [-0.25, -0.2) is 0 Å². The number of hydrogen-bond donors (Lipinski definition) is 1. The third-order valence-electron chi connectivity index (χ3n) is 4.37. The fourth-order valence-electron chi connectivity index (χ4n) is 3.25. The predicted molar refractivity (Wildman–Crippen MR) is 87.8 cm³/mol.